The Morgan fingerprint density at radius 3 is 2.48 bits per heavy atom. The molecule has 0 aliphatic carbocycles. The molecule has 114 valence electrons. The molecule has 0 saturated heterocycles. The van der Waals surface area contributed by atoms with E-state index in [0.29, 0.717) is 11.3 Å². The van der Waals surface area contributed by atoms with Crippen molar-refractivity contribution in [2.45, 2.75) is 33.6 Å². The number of hydrogen-bond acceptors (Lipinski definition) is 5. The van der Waals surface area contributed by atoms with Gasteiger partial charge in [-0.1, -0.05) is 26.7 Å². The monoisotopic (exact) mass is 309 g/mol. The predicted octanol–water partition coefficient (Wildman–Crippen LogP) is 1.76. The lowest BCUT2D eigenvalue weighted by Gasteiger charge is -2.13. The van der Waals surface area contributed by atoms with E-state index in [1.54, 1.807) is 6.92 Å². The quantitative estimate of drug-likeness (QED) is 0.863. The Balaban J connectivity index is 2.86. The number of pyridine rings is 1. The van der Waals surface area contributed by atoms with Crippen molar-refractivity contribution in [3.05, 3.63) is 29.1 Å². The van der Waals surface area contributed by atoms with E-state index >= 15 is 0 Å². The number of sulfonamides is 1. The highest BCUT2D eigenvalue weighted by Gasteiger charge is 2.21. The van der Waals surface area contributed by atoms with Crippen molar-refractivity contribution in [3.63, 3.8) is 0 Å². The first-order valence-corrected chi connectivity index (χ1v) is 8.40. The molecule has 7 heteroatoms. The molecule has 1 aromatic heterocycles. The van der Waals surface area contributed by atoms with Gasteiger partial charge in [0.15, 0.2) is 0 Å². The van der Waals surface area contributed by atoms with E-state index in [2.05, 4.69) is 4.98 Å². The summed E-state index contributed by atoms with van der Waals surface area (Å²) in [6.45, 7) is 5.42. The van der Waals surface area contributed by atoms with Crippen LogP contribution in [-0.4, -0.2) is 25.1 Å². The zero-order chi connectivity index (χ0) is 16.0. The smallest absolute Gasteiger partial charge is 0.266 e. The van der Waals surface area contributed by atoms with Gasteiger partial charge in [-0.2, -0.15) is 5.26 Å². The minimum absolute atomic E-state index is 0.0142. The van der Waals surface area contributed by atoms with Crippen LogP contribution in [0.3, 0.4) is 0 Å². The molecule has 1 N–H and O–H groups in total. The summed E-state index contributed by atoms with van der Waals surface area (Å²) in [7, 11) is -3.69. The maximum Gasteiger partial charge on any atom is 0.283 e. The minimum Gasteiger partial charge on any atom is -0.266 e. The Labute approximate surface area is 125 Å². The summed E-state index contributed by atoms with van der Waals surface area (Å²) in [4.78, 5) is 15.9. The van der Waals surface area contributed by atoms with Gasteiger partial charge in [0.05, 0.1) is 17.0 Å². The predicted molar refractivity (Wildman–Crippen MR) is 79.0 cm³/mol. The average Bonchev–Trinajstić information content (AvgIpc) is 2.44. The molecule has 0 aromatic carbocycles. The third kappa shape index (κ3) is 4.83. The molecule has 0 spiro atoms. The zero-order valence-corrected chi connectivity index (χ0v) is 13.2. The summed E-state index contributed by atoms with van der Waals surface area (Å²) in [5.74, 6) is -0.833. The highest BCUT2D eigenvalue weighted by atomic mass is 32.2. The van der Waals surface area contributed by atoms with E-state index in [-0.39, 0.29) is 17.4 Å². The number of rotatable bonds is 6. The summed E-state index contributed by atoms with van der Waals surface area (Å²) in [5, 5.41) is 8.80. The van der Waals surface area contributed by atoms with Gasteiger partial charge in [0, 0.05) is 0 Å². The van der Waals surface area contributed by atoms with Crippen molar-refractivity contribution in [1.29, 1.82) is 5.26 Å². The Kier molecular flexibility index (Phi) is 5.85. The third-order valence-corrected chi connectivity index (χ3v) is 4.70. The van der Waals surface area contributed by atoms with E-state index in [4.69, 9.17) is 5.26 Å². The molecule has 0 saturated carbocycles. The highest BCUT2D eigenvalue weighted by molar-refractivity contribution is 7.90. The lowest BCUT2D eigenvalue weighted by molar-refractivity contribution is 0.0976. The summed E-state index contributed by atoms with van der Waals surface area (Å²) in [6, 6.07) is 4.73. The number of nitrogens with zero attached hydrogens (tertiary/aromatic N) is 2. The van der Waals surface area contributed by atoms with Crippen molar-refractivity contribution in [1.82, 2.24) is 9.71 Å². The van der Waals surface area contributed by atoms with Gasteiger partial charge in [-0.3, -0.25) is 4.79 Å². The van der Waals surface area contributed by atoms with E-state index in [9.17, 15) is 13.2 Å². The number of hydrogen-bond donors (Lipinski definition) is 1. The number of carbonyl (C=O) groups is 1. The second-order valence-electron chi connectivity index (χ2n) is 4.84. The van der Waals surface area contributed by atoms with Crippen molar-refractivity contribution in [3.8, 4) is 6.07 Å². The summed E-state index contributed by atoms with van der Waals surface area (Å²) < 4.78 is 25.9. The van der Waals surface area contributed by atoms with Crippen LogP contribution in [-0.2, 0) is 10.0 Å². The van der Waals surface area contributed by atoms with Crippen molar-refractivity contribution >= 4 is 15.9 Å². The molecule has 0 aliphatic heterocycles. The lowest BCUT2D eigenvalue weighted by Crippen LogP contribution is -2.35. The fraction of sp³-hybridized carbons (Fsp3) is 0.500. The first-order valence-electron chi connectivity index (χ1n) is 6.75. The van der Waals surface area contributed by atoms with Crippen molar-refractivity contribution in [2.75, 3.05) is 5.75 Å². The molecule has 6 nitrogen and oxygen atoms in total. The van der Waals surface area contributed by atoms with Gasteiger partial charge in [-0.05, 0) is 25.0 Å². The maximum atomic E-state index is 11.9. The molecule has 0 bridgehead atoms. The standard InChI is InChI=1S/C14H19N3O3S/c1-4-11(5-2)9-21(19,20)17-14(18)13-7-6-12(8-15)10(3)16-13/h6-7,11H,4-5,9H2,1-3H3,(H,17,18). The lowest BCUT2D eigenvalue weighted by atomic mass is 10.1. The van der Waals surface area contributed by atoms with Crippen LogP contribution >= 0.6 is 0 Å². The van der Waals surface area contributed by atoms with Gasteiger partial charge >= 0.3 is 0 Å². The van der Waals surface area contributed by atoms with Crippen molar-refractivity contribution < 1.29 is 13.2 Å². The molecule has 0 aliphatic rings. The Morgan fingerprint density at radius 1 is 1.38 bits per heavy atom. The third-order valence-electron chi connectivity index (χ3n) is 3.30. The largest absolute Gasteiger partial charge is 0.283 e. The number of amides is 1. The second-order valence-corrected chi connectivity index (χ2v) is 6.60. The van der Waals surface area contributed by atoms with Crippen LogP contribution in [0.2, 0.25) is 0 Å². The van der Waals surface area contributed by atoms with Crippen LogP contribution in [0.5, 0.6) is 0 Å². The van der Waals surface area contributed by atoms with Gasteiger partial charge in [0.25, 0.3) is 5.91 Å². The Bertz CT molecular complexity index is 659. The normalized spacial score (nSPS) is 11.2. The molecule has 1 heterocycles. The molecular weight excluding hydrogens is 290 g/mol. The Morgan fingerprint density at radius 2 is 2.00 bits per heavy atom. The zero-order valence-electron chi connectivity index (χ0n) is 12.4. The van der Waals surface area contributed by atoms with E-state index < -0.39 is 15.9 Å². The summed E-state index contributed by atoms with van der Waals surface area (Å²) in [5.41, 5.74) is 0.730. The number of aromatic nitrogens is 1. The number of nitriles is 1. The first-order chi connectivity index (χ1) is 9.82. The van der Waals surface area contributed by atoms with Gasteiger partial charge in [0.2, 0.25) is 10.0 Å². The number of carbonyl (C=O) groups excluding carboxylic acids is 1. The molecule has 1 aromatic rings. The van der Waals surface area contributed by atoms with Gasteiger partial charge in [-0.25, -0.2) is 18.1 Å². The van der Waals surface area contributed by atoms with Gasteiger partial charge in [-0.15, -0.1) is 0 Å². The molecule has 1 amide bonds. The SMILES string of the molecule is CCC(CC)CS(=O)(=O)NC(=O)c1ccc(C#N)c(C)n1. The second kappa shape index (κ2) is 7.18. The maximum absolute atomic E-state index is 11.9. The topological polar surface area (TPSA) is 99.9 Å². The van der Waals surface area contributed by atoms with E-state index in [1.807, 2.05) is 24.6 Å². The molecule has 21 heavy (non-hydrogen) atoms. The van der Waals surface area contributed by atoms with Crippen molar-refractivity contribution in [2.24, 2.45) is 5.92 Å². The van der Waals surface area contributed by atoms with Crippen LogP contribution < -0.4 is 4.72 Å². The first kappa shape index (κ1) is 17.1. The molecule has 0 radical (unpaired) electrons. The van der Waals surface area contributed by atoms with Crippen LogP contribution in [0.4, 0.5) is 0 Å². The average molecular weight is 309 g/mol. The van der Waals surface area contributed by atoms with Gasteiger partial charge in [0.1, 0.15) is 11.8 Å². The van der Waals surface area contributed by atoms with Gasteiger partial charge < -0.3 is 0 Å². The molecule has 0 fully saturated rings. The van der Waals surface area contributed by atoms with Crippen LogP contribution in [0.15, 0.2) is 12.1 Å². The number of aryl methyl sites for hydroxylation is 1. The highest BCUT2D eigenvalue weighted by Crippen LogP contribution is 2.11. The molecule has 0 unspecified atom stereocenters. The van der Waals surface area contributed by atoms with Crippen LogP contribution in [0.25, 0.3) is 0 Å². The molecule has 1 rings (SSSR count). The minimum atomic E-state index is -3.69. The molecule has 0 atom stereocenters. The summed E-state index contributed by atoms with van der Waals surface area (Å²) in [6.07, 6.45) is 1.47. The fourth-order valence-electron chi connectivity index (χ4n) is 1.88. The van der Waals surface area contributed by atoms with E-state index in [1.165, 1.54) is 12.1 Å². The number of nitrogens with one attached hydrogen (secondary N) is 1. The molecular formula is C14H19N3O3S. The summed E-state index contributed by atoms with van der Waals surface area (Å²) >= 11 is 0. The van der Waals surface area contributed by atoms with Crippen LogP contribution in [0.1, 0.15) is 48.4 Å². The Hall–Kier alpha value is -1.94. The fourth-order valence-corrected chi connectivity index (χ4v) is 3.44. The van der Waals surface area contributed by atoms with E-state index in [0.717, 1.165) is 12.8 Å². The van der Waals surface area contributed by atoms with Crippen LogP contribution in [0, 0.1) is 24.2 Å².